The Kier molecular flexibility index (Phi) is 6.54. The molecule has 0 aliphatic heterocycles. The maximum absolute atomic E-state index is 10.7. The Morgan fingerprint density at radius 2 is 2.00 bits per heavy atom. The molecule has 0 saturated heterocycles. The van der Waals surface area contributed by atoms with Crippen molar-refractivity contribution in [2.24, 2.45) is 0 Å². The standard InChI is InChI=1S/C9H18O4/c1-3-4-7(10)5-8(11)6-9(12)13-2/h7-8,10-11H,3-6H2,1-2H3. The predicted molar refractivity (Wildman–Crippen MR) is 48.2 cm³/mol. The van der Waals surface area contributed by atoms with Crippen molar-refractivity contribution in [1.82, 2.24) is 0 Å². The highest BCUT2D eigenvalue weighted by molar-refractivity contribution is 5.69. The van der Waals surface area contributed by atoms with E-state index in [4.69, 9.17) is 0 Å². The number of rotatable bonds is 6. The van der Waals surface area contributed by atoms with E-state index in [-0.39, 0.29) is 12.8 Å². The summed E-state index contributed by atoms with van der Waals surface area (Å²) in [4.78, 5) is 10.7. The van der Waals surface area contributed by atoms with Crippen LogP contribution in [0.25, 0.3) is 0 Å². The summed E-state index contributed by atoms with van der Waals surface area (Å²) < 4.78 is 4.38. The summed E-state index contributed by atoms with van der Waals surface area (Å²) in [5.74, 6) is -0.448. The number of aliphatic hydroxyl groups excluding tert-OH is 2. The average Bonchev–Trinajstić information content (AvgIpc) is 2.04. The third-order valence-electron chi connectivity index (χ3n) is 1.80. The third kappa shape index (κ3) is 6.54. The Morgan fingerprint density at radius 1 is 1.38 bits per heavy atom. The van der Waals surface area contributed by atoms with Gasteiger partial charge in [-0.05, 0) is 12.8 Å². The van der Waals surface area contributed by atoms with Gasteiger partial charge < -0.3 is 14.9 Å². The number of esters is 1. The molecule has 0 spiro atoms. The van der Waals surface area contributed by atoms with Crippen molar-refractivity contribution in [3.05, 3.63) is 0 Å². The molecule has 78 valence electrons. The molecule has 2 N–H and O–H groups in total. The average molecular weight is 190 g/mol. The minimum absolute atomic E-state index is 0.0444. The molecular weight excluding hydrogens is 172 g/mol. The van der Waals surface area contributed by atoms with Gasteiger partial charge in [0.1, 0.15) is 0 Å². The monoisotopic (exact) mass is 190 g/mol. The number of carbonyl (C=O) groups excluding carboxylic acids is 1. The molecule has 0 amide bonds. The zero-order valence-electron chi connectivity index (χ0n) is 8.19. The van der Waals surface area contributed by atoms with Gasteiger partial charge in [0.25, 0.3) is 0 Å². The van der Waals surface area contributed by atoms with E-state index in [1.165, 1.54) is 7.11 Å². The summed E-state index contributed by atoms with van der Waals surface area (Å²) in [7, 11) is 1.28. The molecule has 0 aromatic rings. The van der Waals surface area contributed by atoms with Crippen LogP contribution in [0, 0.1) is 0 Å². The third-order valence-corrected chi connectivity index (χ3v) is 1.80. The first-order chi connectivity index (χ1) is 6.10. The van der Waals surface area contributed by atoms with E-state index in [1.807, 2.05) is 6.92 Å². The lowest BCUT2D eigenvalue weighted by Crippen LogP contribution is -2.21. The first-order valence-electron chi connectivity index (χ1n) is 4.53. The maximum atomic E-state index is 10.7. The molecule has 2 unspecified atom stereocenters. The van der Waals surface area contributed by atoms with E-state index in [1.54, 1.807) is 0 Å². The zero-order chi connectivity index (χ0) is 10.3. The fourth-order valence-electron chi connectivity index (χ4n) is 1.12. The lowest BCUT2D eigenvalue weighted by Gasteiger charge is -2.13. The van der Waals surface area contributed by atoms with Crippen LogP contribution in [0.2, 0.25) is 0 Å². The van der Waals surface area contributed by atoms with E-state index in [9.17, 15) is 15.0 Å². The first-order valence-corrected chi connectivity index (χ1v) is 4.53. The van der Waals surface area contributed by atoms with Crippen molar-refractivity contribution in [2.45, 2.75) is 44.8 Å². The van der Waals surface area contributed by atoms with Crippen LogP contribution in [0.3, 0.4) is 0 Å². The molecular formula is C9H18O4. The van der Waals surface area contributed by atoms with Crippen LogP contribution < -0.4 is 0 Å². The van der Waals surface area contributed by atoms with Crippen molar-refractivity contribution in [3.8, 4) is 0 Å². The van der Waals surface area contributed by atoms with Gasteiger partial charge in [-0.3, -0.25) is 4.79 Å². The van der Waals surface area contributed by atoms with Gasteiger partial charge in [0.05, 0.1) is 25.7 Å². The molecule has 4 nitrogen and oxygen atoms in total. The molecule has 13 heavy (non-hydrogen) atoms. The van der Waals surface area contributed by atoms with Gasteiger partial charge in [0, 0.05) is 0 Å². The Bertz CT molecular complexity index is 147. The van der Waals surface area contributed by atoms with Crippen molar-refractivity contribution in [1.29, 1.82) is 0 Å². The Balaban J connectivity index is 3.60. The molecule has 0 aliphatic rings. The van der Waals surface area contributed by atoms with E-state index in [0.717, 1.165) is 6.42 Å². The van der Waals surface area contributed by atoms with Gasteiger partial charge in [-0.25, -0.2) is 0 Å². The smallest absolute Gasteiger partial charge is 0.308 e. The maximum Gasteiger partial charge on any atom is 0.308 e. The summed E-state index contributed by atoms with van der Waals surface area (Å²) in [5, 5.41) is 18.6. The Labute approximate surface area is 78.5 Å². The molecule has 0 saturated carbocycles. The van der Waals surface area contributed by atoms with Gasteiger partial charge >= 0.3 is 5.97 Å². The fraction of sp³-hybridized carbons (Fsp3) is 0.889. The minimum atomic E-state index is -0.797. The quantitative estimate of drug-likeness (QED) is 0.597. The number of hydrogen-bond donors (Lipinski definition) is 2. The molecule has 0 radical (unpaired) electrons. The number of aliphatic hydroxyl groups is 2. The SMILES string of the molecule is CCCC(O)CC(O)CC(=O)OC. The minimum Gasteiger partial charge on any atom is -0.469 e. The van der Waals surface area contributed by atoms with Crippen LogP contribution in [-0.4, -0.2) is 35.5 Å². The molecule has 0 rings (SSSR count). The van der Waals surface area contributed by atoms with Crippen molar-refractivity contribution < 1.29 is 19.7 Å². The number of methoxy groups -OCH3 is 1. The van der Waals surface area contributed by atoms with E-state index in [0.29, 0.717) is 6.42 Å². The molecule has 0 heterocycles. The Morgan fingerprint density at radius 3 is 2.46 bits per heavy atom. The summed E-state index contributed by atoms with van der Waals surface area (Å²) in [6, 6.07) is 0. The summed E-state index contributed by atoms with van der Waals surface area (Å²) in [5.41, 5.74) is 0. The fourth-order valence-corrected chi connectivity index (χ4v) is 1.12. The predicted octanol–water partition coefficient (Wildman–Crippen LogP) is 0.461. The lowest BCUT2D eigenvalue weighted by molar-refractivity contribution is -0.143. The van der Waals surface area contributed by atoms with E-state index in [2.05, 4.69) is 4.74 Å². The molecule has 0 aliphatic carbocycles. The van der Waals surface area contributed by atoms with Gasteiger partial charge in [0.15, 0.2) is 0 Å². The normalized spacial score (nSPS) is 15.1. The molecule has 0 aromatic carbocycles. The summed E-state index contributed by atoms with van der Waals surface area (Å²) >= 11 is 0. The van der Waals surface area contributed by atoms with Crippen molar-refractivity contribution in [2.75, 3.05) is 7.11 Å². The van der Waals surface area contributed by atoms with Crippen LogP contribution in [-0.2, 0) is 9.53 Å². The highest BCUT2D eigenvalue weighted by Gasteiger charge is 2.14. The number of carbonyl (C=O) groups is 1. The molecule has 4 heteroatoms. The van der Waals surface area contributed by atoms with Crippen LogP contribution in [0.5, 0.6) is 0 Å². The van der Waals surface area contributed by atoms with Gasteiger partial charge in [-0.1, -0.05) is 13.3 Å². The van der Waals surface area contributed by atoms with Crippen molar-refractivity contribution >= 4 is 5.97 Å². The highest BCUT2D eigenvalue weighted by Crippen LogP contribution is 2.07. The van der Waals surface area contributed by atoms with Crippen molar-refractivity contribution in [3.63, 3.8) is 0 Å². The Hall–Kier alpha value is -0.610. The molecule has 0 bridgehead atoms. The van der Waals surface area contributed by atoms with Gasteiger partial charge in [-0.2, -0.15) is 0 Å². The highest BCUT2D eigenvalue weighted by atomic mass is 16.5. The van der Waals surface area contributed by atoms with Crippen LogP contribution in [0.4, 0.5) is 0 Å². The molecule has 0 aromatic heterocycles. The first kappa shape index (κ1) is 12.4. The second kappa shape index (κ2) is 6.86. The van der Waals surface area contributed by atoms with E-state index < -0.39 is 18.2 Å². The van der Waals surface area contributed by atoms with Crippen LogP contribution in [0.1, 0.15) is 32.6 Å². The van der Waals surface area contributed by atoms with Gasteiger partial charge in [-0.15, -0.1) is 0 Å². The van der Waals surface area contributed by atoms with Crippen LogP contribution >= 0.6 is 0 Å². The van der Waals surface area contributed by atoms with E-state index >= 15 is 0 Å². The molecule has 2 atom stereocenters. The number of ether oxygens (including phenoxy) is 1. The lowest BCUT2D eigenvalue weighted by atomic mass is 10.1. The summed E-state index contributed by atoms with van der Waals surface area (Å²) in [6.07, 6.45) is 0.392. The second-order valence-electron chi connectivity index (χ2n) is 3.11. The second-order valence-corrected chi connectivity index (χ2v) is 3.11. The van der Waals surface area contributed by atoms with Gasteiger partial charge in [0.2, 0.25) is 0 Å². The zero-order valence-corrected chi connectivity index (χ0v) is 8.19. The number of hydrogen-bond acceptors (Lipinski definition) is 4. The van der Waals surface area contributed by atoms with Crippen LogP contribution in [0.15, 0.2) is 0 Å². The summed E-state index contributed by atoms with van der Waals surface area (Å²) in [6.45, 7) is 1.95. The molecule has 0 fully saturated rings. The largest absolute Gasteiger partial charge is 0.469 e. The topological polar surface area (TPSA) is 66.8 Å².